The maximum Gasteiger partial charge on any atom is 0.266 e. The van der Waals surface area contributed by atoms with E-state index < -0.39 is 0 Å². The van der Waals surface area contributed by atoms with Crippen molar-refractivity contribution in [1.82, 2.24) is 14.0 Å². The molecule has 0 aliphatic rings. The van der Waals surface area contributed by atoms with Gasteiger partial charge in [0.15, 0.2) is 0 Å². The molecule has 0 unspecified atom stereocenters. The van der Waals surface area contributed by atoms with Crippen LogP contribution in [0.1, 0.15) is 30.9 Å². The number of nitrogens with zero attached hydrogens (tertiary/aromatic N) is 3. The number of rotatable bonds is 5. The lowest BCUT2D eigenvalue weighted by molar-refractivity contribution is 0.410. The average Bonchev–Trinajstić information content (AvgIpc) is 3.02. The predicted molar refractivity (Wildman–Crippen MR) is 85.3 cm³/mol. The summed E-state index contributed by atoms with van der Waals surface area (Å²) in [4.78, 5) is 16.7. The fourth-order valence-electron chi connectivity index (χ4n) is 2.64. The van der Waals surface area contributed by atoms with Gasteiger partial charge in [0.2, 0.25) is 11.7 Å². The first kappa shape index (κ1) is 14.4. The number of hydrogen-bond acceptors (Lipinski definition) is 3. The molecule has 2 heterocycles. The zero-order valence-corrected chi connectivity index (χ0v) is 12.6. The lowest BCUT2D eigenvalue weighted by Crippen LogP contribution is -2.23. The standard InChI is InChI=1S/C17H19N3O2/c1-2-3-9-14-15(21)19-11-10-18-17(19)20(16(14)22)12-13-7-5-4-6-8-13/h4-8,10-11,22H,2-3,9,12H2,1H3. The van der Waals surface area contributed by atoms with Crippen LogP contribution in [0.2, 0.25) is 0 Å². The van der Waals surface area contributed by atoms with Gasteiger partial charge < -0.3 is 5.11 Å². The molecule has 0 bridgehead atoms. The summed E-state index contributed by atoms with van der Waals surface area (Å²) in [5, 5.41) is 10.6. The Bertz CT molecular complexity index is 834. The van der Waals surface area contributed by atoms with E-state index in [4.69, 9.17) is 0 Å². The maximum absolute atomic E-state index is 12.5. The molecule has 1 N–H and O–H groups in total. The minimum absolute atomic E-state index is 0.0287. The summed E-state index contributed by atoms with van der Waals surface area (Å²) in [6.07, 6.45) is 5.65. The summed E-state index contributed by atoms with van der Waals surface area (Å²) in [7, 11) is 0. The highest BCUT2D eigenvalue weighted by Crippen LogP contribution is 2.20. The van der Waals surface area contributed by atoms with Crippen molar-refractivity contribution in [2.75, 3.05) is 0 Å². The molecule has 22 heavy (non-hydrogen) atoms. The van der Waals surface area contributed by atoms with Gasteiger partial charge in [0.25, 0.3) is 5.56 Å². The van der Waals surface area contributed by atoms with Crippen molar-refractivity contribution in [2.24, 2.45) is 0 Å². The van der Waals surface area contributed by atoms with E-state index in [2.05, 4.69) is 11.9 Å². The minimum Gasteiger partial charge on any atom is -0.494 e. The van der Waals surface area contributed by atoms with E-state index in [1.54, 1.807) is 17.0 Å². The first-order valence-corrected chi connectivity index (χ1v) is 7.54. The van der Waals surface area contributed by atoms with Gasteiger partial charge in [-0.25, -0.2) is 4.98 Å². The van der Waals surface area contributed by atoms with E-state index in [0.29, 0.717) is 24.3 Å². The molecule has 0 atom stereocenters. The monoisotopic (exact) mass is 297 g/mol. The van der Waals surface area contributed by atoms with Crippen molar-refractivity contribution in [1.29, 1.82) is 0 Å². The van der Waals surface area contributed by atoms with Crippen molar-refractivity contribution >= 4 is 5.78 Å². The predicted octanol–water partition coefficient (Wildman–Crippen LogP) is 2.59. The van der Waals surface area contributed by atoms with Gasteiger partial charge in [0.05, 0.1) is 12.1 Å². The van der Waals surface area contributed by atoms with Crippen LogP contribution < -0.4 is 5.56 Å². The van der Waals surface area contributed by atoms with Crippen LogP contribution in [-0.4, -0.2) is 19.1 Å². The molecule has 3 aromatic rings. The Morgan fingerprint density at radius 2 is 2.00 bits per heavy atom. The molecule has 3 rings (SSSR count). The first-order chi connectivity index (χ1) is 10.7. The van der Waals surface area contributed by atoms with Crippen LogP contribution in [0.15, 0.2) is 47.5 Å². The number of fused-ring (bicyclic) bond motifs is 1. The van der Waals surface area contributed by atoms with Gasteiger partial charge in [0, 0.05) is 12.4 Å². The van der Waals surface area contributed by atoms with E-state index in [1.165, 1.54) is 4.40 Å². The number of aromatic hydroxyl groups is 1. The molecular weight excluding hydrogens is 278 g/mol. The molecule has 0 amide bonds. The smallest absolute Gasteiger partial charge is 0.266 e. The van der Waals surface area contributed by atoms with Crippen molar-refractivity contribution in [3.63, 3.8) is 0 Å². The third kappa shape index (κ3) is 2.50. The van der Waals surface area contributed by atoms with Gasteiger partial charge in [-0.15, -0.1) is 0 Å². The molecule has 2 aromatic heterocycles. The van der Waals surface area contributed by atoms with E-state index in [-0.39, 0.29) is 11.4 Å². The Labute approximate surface area is 128 Å². The summed E-state index contributed by atoms with van der Waals surface area (Å²) in [5.74, 6) is 0.493. The van der Waals surface area contributed by atoms with Gasteiger partial charge in [-0.2, -0.15) is 0 Å². The number of hydrogen-bond donors (Lipinski definition) is 1. The lowest BCUT2D eigenvalue weighted by atomic mass is 10.1. The summed E-state index contributed by atoms with van der Waals surface area (Å²) < 4.78 is 3.20. The molecule has 0 spiro atoms. The molecule has 0 aliphatic carbocycles. The Morgan fingerprint density at radius 1 is 1.23 bits per heavy atom. The van der Waals surface area contributed by atoms with Crippen LogP contribution in [0.25, 0.3) is 5.78 Å². The third-order valence-electron chi connectivity index (χ3n) is 3.83. The van der Waals surface area contributed by atoms with Crippen LogP contribution in [0.4, 0.5) is 0 Å². The number of unbranched alkanes of at least 4 members (excludes halogenated alkanes) is 1. The van der Waals surface area contributed by atoms with E-state index in [1.807, 2.05) is 30.3 Å². The van der Waals surface area contributed by atoms with Gasteiger partial charge in [-0.05, 0) is 18.4 Å². The Balaban J connectivity index is 2.15. The van der Waals surface area contributed by atoms with Gasteiger partial charge >= 0.3 is 0 Å². The normalized spacial score (nSPS) is 11.1. The summed E-state index contributed by atoms with van der Waals surface area (Å²) in [5.41, 5.74) is 1.33. The molecular formula is C17H19N3O2. The fraction of sp³-hybridized carbons (Fsp3) is 0.294. The highest BCUT2D eigenvalue weighted by Gasteiger charge is 2.16. The largest absolute Gasteiger partial charge is 0.494 e. The SMILES string of the molecule is CCCCc1c(O)n(Cc2ccccc2)c2nccn2c1=O. The minimum atomic E-state index is -0.178. The van der Waals surface area contributed by atoms with Crippen molar-refractivity contribution < 1.29 is 5.11 Å². The Kier molecular flexibility index (Phi) is 3.96. The van der Waals surface area contributed by atoms with Gasteiger partial charge in [-0.3, -0.25) is 13.8 Å². The van der Waals surface area contributed by atoms with Crippen LogP contribution in [0.3, 0.4) is 0 Å². The van der Waals surface area contributed by atoms with E-state index in [9.17, 15) is 9.90 Å². The molecule has 0 fully saturated rings. The highest BCUT2D eigenvalue weighted by atomic mass is 16.3. The van der Waals surface area contributed by atoms with Crippen molar-refractivity contribution in [2.45, 2.75) is 32.7 Å². The highest BCUT2D eigenvalue weighted by molar-refractivity contribution is 5.40. The van der Waals surface area contributed by atoms with E-state index >= 15 is 0 Å². The second-order valence-corrected chi connectivity index (χ2v) is 5.38. The van der Waals surface area contributed by atoms with Crippen LogP contribution >= 0.6 is 0 Å². The van der Waals surface area contributed by atoms with Crippen LogP contribution in [-0.2, 0) is 13.0 Å². The zero-order valence-electron chi connectivity index (χ0n) is 12.6. The van der Waals surface area contributed by atoms with Crippen molar-refractivity contribution in [3.8, 4) is 5.88 Å². The zero-order chi connectivity index (χ0) is 15.5. The molecule has 0 aliphatic heterocycles. The molecule has 0 saturated carbocycles. The van der Waals surface area contributed by atoms with Crippen molar-refractivity contribution in [3.05, 3.63) is 64.2 Å². The quantitative estimate of drug-likeness (QED) is 0.787. The molecule has 1 aromatic carbocycles. The van der Waals surface area contributed by atoms with Gasteiger partial charge in [0.1, 0.15) is 0 Å². The number of benzene rings is 1. The summed E-state index contributed by atoms with van der Waals surface area (Å²) in [6, 6.07) is 9.84. The molecule has 114 valence electrons. The second-order valence-electron chi connectivity index (χ2n) is 5.38. The molecule has 0 radical (unpaired) electrons. The number of imidazole rings is 1. The first-order valence-electron chi connectivity index (χ1n) is 7.54. The average molecular weight is 297 g/mol. The maximum atomic E-state index is 12.5. The Hall–Kier alpha value is -2.56. The summed E-state index contributed by atoms with van der Waals surface area (Å²) >= 11 is 0. The lowest BCUT2D eigenvalue weighted by Gasteiger charge is -2.14. The van der Waals surface area contributed by atoms with Crippen LogP contribution in [0, 0.1) is 0 Å². The molecule has 0 saturated heterocycles. The summed E-state index contributed by atoms with van der Waals surface area (Å²) in [6.45, 7) is 2.54. The van der Waals surface area contributed by atoms with Gasteiger partial charge in [-0.1, -0.05) is 43.7 Å². The number of aromatic nitrogens is 3. The Morgan fingerprint density at radius 3 is 2.73 bits per heavy atom. The van der Waals surface area contributed by atoms with Crippen LogP contribution in [0.5, 0.6) is 5.88 Å². The van der Waals surface area contributed by atoms with E-state index in [0.717, 1.165) is 18.4 Å². The topological polar surface area (TPSA) is 59.5 Å². The molecule has 5 nitrogen and oxygen atoms in total. The third-order valence-corrected chi connectivity index (χ3v) is 3.83. The fourth-order valence-corrected chi connectivity index (χ4v) is 2.64. The second kappa shape index (κ2) is 6.05. The molecule has 5 heteroatoms.